The third kappa shape index (κ3) is 1.42. The largest absolute Gasteiger partial charge is 0.389 e. The van der Waals surface area contributed by atoms with E-state index in [-0.39, 0.29) is 5.91 Å². The van der Waals surface area contributed by atoms with Crippen LogP contribution in [0.15, 0.2) is 18.2 Å². The van der Waals surface area contributed by atoms with Gasteiger partial charge in [0.15, 0.2) is 0 Å². The van der Waals surface area contributed by atoms with Gasteiger partial charge in [-0.05, 0) is 24.1 Å². The van der Waals surface area contributed by atoms with Gasteiger partial charge in [0.05, 0.1) is 12.5 Å². The van der Waals surface area contributed by atoms with Crippen LogP contribution in [-0.4, -0.2) is 11.0 Å². The van der Waals surface area contributed by atoms with Gasteiger partial charge in [-0.15, -0.1) is 0 Å². The number of fused-ring (bicyclic) bond motifs is 1. The third-order valence-corrected chi connectivity index (χ3v) is 2.24. The molecule has 1 aliphatic rings. The number of hydrogen-bond donors (Lipinski definition) is 2. The van der Waals surface area contributed by atoms with E-state index in [1.807, 2.05) is 18.2 Å². The lowest BCUT2D eigenvalue weighted by atomic mass is 10.1. The minimum atomic E-state index is -0.484. The SMILES string of the molecule is CC(O)c1ccc2c(c1)NC(=O)C2. The summed E-state index contributed by atoms with van der Waals surface area (Å²) in [5.74, 6) is 0.0257. The van der Waals surface area contributed by atoms with Crippen molar-refractivity contribution < 1.29 is 9.90 Å². The van der Waals surface area contributed by atoms with Gasteiger partial charge in [0, 0.05) is 5.69 Å². The van der Waals surface area contributed by atoms with Crippen LogP contribution >= 0.6 is 0 Å². The summed E-state index contributed by atoms with van der Waals surface area (Å²) in [4.78, 5) is 11.0. The molecular weight excluding hydrogens is 166 g/mol. The smallest absolute Gasteiger partial charge is 0.228 e. The lowest BCUT2D eigenvalue weighted by molar-refractivity contribution is -0.115. The van der Waals surface area contributed by atoms with Crippen LogP contribution in [0.5, 0.6) is 0 Å². The third-order valence-electron chi connectivity index (χ3n) is 2.24. The standard InChI is InChI=1S/C10H11NO2/c1-6(12)7-2-3-8-5-10(13)11-9(8)4-7/h2-4,6,12H,5H2,1H3,(H,11,13). The summed E-state index contributed by atoms with van der Waals surface area (Å²) < 4.78 is 0. The van der Waals surface area contributed by atoms with E-state index in [2.05, 4.69) is 5.32 Å². The monoisotopic (exact) mass is 177 g/mol. The maximum absolute atomic E-state index is 11.0. The molecule has 1 atom stereocenters. The van der Waals surface area contributed by atoms with Crippen molar-refractivity contribution in [2.75, 3.05) is 5.32 Å². The average Bonchev–Trinajstić information content (AvgIpc) is 2.42. The summed E-state index contributed by atoms with van der Waals surface area (Å²) >= 11 is 0. The number of nitrogens with one attached hydrogen (secondary N) is 1. The molecular formula is C10H11NO2. The Hall–Kier alpha value is -1.35. The Kier molecular flexibility index (Phi) is 1.81. The Morgan fingerprint density at radius 3 is 3.00 bits per heavy atom. The number of rotatable bonds is 1. The number of carbonyl (C=O) groups is 1. The molecule has 0 aromatic heterocycles. The molecule has 68 valence electrons. The maximum atomic E-state index is 11.0. The molecule has 3 nitrogen and oxygen atoms in total. The molecule has 0 aliphatic carbocycles. The first-order chi connectivity index (χ1) is 6.16. The van der Waals surface area contributed by atoms with Crippen molar-refractivity contribution in [3.63, 3.8) is 0 Å². The first kappa shape index (κ1) is 8.26. The van der Waals surface area contributed by atoms with Crippen LogP contribution in [-0.2, 0) is 11.2 Å². The lowest BCUT2D eigenvalue weighted by Crippen LogP contribution is -2.03. The molecule has 1 aliphatic heterocycles. The van der Waals surface area contributed by atoms with Crippen molar-refractivity contribution in [1.82, 2.24) is 0 Å². The van der Waals surface area contributed by atoms with E-state index in [9.17, 15) is 9.90 Å². The summed E-state index contributed by atoms with van der Waals surface area (Å²) in [7, 11) is 0. The minimum Gasteiger partial charge on any atom is -0.389 e. The fourth-order valence-corrected chi connectivity index (χ4v) is 1.49. The quantitative estimate of drug-likeness (QED) is 0.678. The first-order valence-corrected chi connectivity index (χ1v) is 4.27. The van der Waals surface area contributed by atoms with Gasteiger partial charge in [0.2, 0.25) is 5.91 Å². The van der Waals surface area contributed by atoms with E-state index in [1.165, 1.54) is 0 Å². The second-order valence-corrected chi connectivity index (χ2v) is 3.32. The van der Waals surface area contributed by atoms with Gasteiger partial charge in [-0.1, -0.05) is 12.1 Å². The summed E-state index contributed by atoms with van der Waals surface area (Å²) in [5, 5.41) is 12.1. The number of aliphatic hydroxyl groups is 1. The zero-order valence-corrected chi connectivity index (χ0v) is 7.37. The molecule has 1 aromatic carbocycles. The summed E-state index contributed by atoms with van der Waals surface area (Å²) in [6.07, 6.45) is -0.0297. The highest BCUT2D eigenvalue weighted by Crippen LogP contribution is 2.26. The normalized spacial score (nSPS) is 16.6. The topological polar surface area (TPSA) is 49.3 Å². The molecule has 1 heterocycles. The molecule has 2 N–H and O–H groups in total. The van der Waals surface area contributed by atoms with Crippen LogP contribution in [0.2, 0.25) is 0 Å². The summed E-state index contributed by atoms with van der Waals surface area (Å²) in [5.41, 5.74) is 2.68. The Morgan fingerprint density at radius 2 is 2.31 bits per heavy atom. The van der Waals surface area contributed by atoms with Crippen LogP contribution in [0.3, 0.4) is 0 Å². The molecule has 0 spiro atoms. The number of hydrogen-bond acceptors (Lipinski definition) is 2. The second kappa shape index (κ2) is 2.85. The maximum Gasteiger partial charge on any atom is 0.228 e. The fraction of sp³-hybridized carbons (Fsp3) is 0.300. The number of benzene rings is 1. The van der Waals surface area contributed by atoms with Gasteiger partial charge in [-0.3, -0.25) is 4.79 Å². The van der Waals surface area contributed by atoms with Crippen LogP contribution in [0.4, 0.5) is 5.69 Å². The van der Waals surface area contributed by atoms with Gasteiger partial charge in [-0.2, -0.15) is 0 Å². The molecule has 1 aromatic rings. The van der Waals surface area contributed by atoms with Gasteiger partial charge in [0.25, 0.3) is 0 Å². The Bertz CT molecular complexity index is 358. The Balaban J connectivity index is 2.40. The van der Waals surface area contributed by atoms with Gasteiger partial charge >= 0.3 is 0 Å². The number of amides is 1. The zero-order valence-electron chi connectivity index (χ0n) is 7.37. The summed E-state index contributed by atoms with van der Waals surface area (Å²) in [6.45, 7) is 1.71. The number of anilines is 1. The zero-order chi connectivity index (χ0) is 9.42. The van der Waals surface area contributed by atoms with E-state index >= 15 is 0 Å². The highest BCUT2D eigenvalue weighted by Gasteiger charge is 2.17. The van der Waals surface area contributed by atoms with E-state index in [1.54, 1.807) is 6.92 Å². The molecule has 0 fully saturated rings. The van der Waals surface area contributed by atoms with Crippen molar-refractivity contribution in [2.45, 2.75) is 19.4 Å². The highest BCUT2D eigenvalue weighted by atomic mass is 16.3. The molecule has 2 rings (SSSR count). The van der Waals surface area contributed by atoms with Crippen molar-refractivity contribution >= 4 is 11.6 Å². The number of carbonyl (C=O) groups excluding carboxylic acids is 1. The van der Waals surface area contributed by atoms with Crippen molar-refractivity contribution in [2.24, 2.45) is 0 Å². The fourth-order valence-electron chi connectivity index (χ4n) is 1.49. The minimum absolute atomic E-state index is 0.0257. The van der Waals surface area contributed by atoms with E-state index in [0.717, 1.165) is 16.8 Å². The highest BCUT2D eigenvalue weighted by molar-refractivity contribution is 5.99. The lowest BCUT2D eigenvalue weighted by Gasteiger charge is -2.06. The van der Waals surface area contributed by atoms with Crippen molar-refractivity contribution in [3.8, 4) is 0 Å². The van der Waals surface area contributed by atoms with Gasteiger partial charge < -0.3 is 10.4 Å². The first-order valence-electron chi connectivity index (χ1n) is 4.27. The predicted molar refractivity (Wildman–Crippen MR) is 49.4 cm³/mol. The molecule has 13 heavy (non-hydrogen) atoms. The molecule has 0 radical (unpaired) electrons. The Morgan fingerprint density at radius 1 is 1.54 bits per heavy atom. The van der Waals surface area contributed by atoms with Crippen molar-refractivity contribution in [3.05, 3.63) is 29.3 Å². The van der Waals surface area contributed by atoms with Crippen LogP contribution in [0, 0.1) is 0 Å². The van der Waals surface area contributed by atoms with Crippen LogP contribution in [0.1, 0.15) is 24.2 Å². The van der Waals surface area contributed by atoms with E-state index in [4.69, 9.17) is 0 Å². The number of aliphatic hydroxyl groups excluding tert-OH is 1. The molecule has 0 saturated carbocycles. The second-order valence-electron chi connectivity index (χ2n) is 3.32. The van der Waals surface area contributed by atoms with E-state index in [0.29, 0.717) is 6.42 Å². The van der Waals surface area contributed by atoms with Gasteiger partial charge in [-0.25, -0.2) is 0 Å². The molecule has 0 saturated heterocycles. The molecule has 1 unspecified atom stereocenters. The van der Waals surface area contributed by atoms with E-state index < -0.39 is 6.10 Å². The molecule has 3 heteroatoms. The summed E-state index contributed by atoms with van der Waals surface area (Å²) in [6, 6.07) is 5.56. The van der Waals surface area contributed by atoms with Crippen molar-refractivity contribution in [1.29, 1.82) is 0 Å². The van der Waals surface area contributed by atoms with Gasteiger partial charge in [0.1, 0.15) is 0 Å². The predicted octanol–water partition coefficient (Wildman–Crippen LogP) is 1.23. The average molecular weight is 177 g/mol. The molecule has 0 bridgehead atoms. The van der Waals surface area contributed by atoms with Crippen LogP contribution < -0.4 is 5.32 Å². The molecule has 1 amide bonds. The Labute approximate surface area is 76.4 Å². The van der Waals surface area contributed by atoms with Crippen LogP contribution in [0.25, 0.3) is 0 Å².